The van der Waals surface area contributed by atoms with Gasteiger partial charge in [0, 0.05) is 6.20 Å². The van der Waals surface area contributed by atoms with Crippen LogP contribution in [0.25, 0.3) is 0 Å². The molecule has 21 heavy (non-hydrogen) atoms. The average Bonchev–Trinajstić information content (AvgIpc) is 2.25. The van der Waals surface area contributed by atoms with Gasteiger partial charge in [-0.1, -0.05) is 0 Å². The van der Waals surface area contributed by atoms with Gasteiger partial charge >= 0.3 is 13.3 Å². The molecule has 0 aromatic carbocycles. The van der Waals surface area contributed by atoms with Crippen LogP contribution >= 0.6 is 7.60 Å². The molecule has 1 heterocycles. The molecule has 11 N–H and O–H groups in total. The second kappa shape index (κ2) is 10.4. The van der Waals surface area contributed by atoms with Crippen LogP contribution in [0.4, 0.5) is 5.82 Å². The molecule has 0 amide bonds. The van der Waals surface area contributed by atoms with Gasteiger partial charge < -0.3 is 41.8 Å². The number of hydrogen-bond donors (Lipinski definition) is 4. The van der Waals surface area contributed by atoms with Crippen LogP contribution in [0.2, 0.25) is 0 Å². The van der Waals surface area contributed by atoms with Crippen molar-refractivity contribution in [2.24, 2.45) is 0 Å². The van der Waals surface area contributed by atoms with Crippen molar-refractivity contribution in [3.8, 4) is 0 Å². The van der Waals surface area contributed by atoms with Crippen LogP contribution in [0.1, 0.15) is 0 Å². The molecule has 1 aromatic heterocycles. The minimum absolute atomic E-state index is 0. The molecule has 0 saturated carbocycles. The van der Waals surface area contributed by atoms with Crippen molar-refractivity contribution in [1.82, 2.24) is 9.55 Å². The van der Waals surface area contributed by atoms with E-state index in [2.05, 4.69) is 4.98 Å². The molecule has 0 radical (unpaired) electrons. The van der Waals surface area contributed by atoms with E-state index in [9.17, 15) is 9.36 Å². The van der Waals surface area contributed by atoms with E-state index < -0.39 is 32.3 Å². The van der Waals surface area contributed by atoms with Gasteiger partial charge in [0.25, 0.3) is 0 Å². The third kappa shape index (κ3) is 9.23. The molecule has 0 spiro atoms. The summed E-state index contributed by atoms with van der Waals surface area (Å²) < 4.78 is 16.5. The van der Waals surface area contributed by atoms with Crippen molar-refractivity contribution in [2.75, 3.05) is 18.7 Å². The summed E-state index contributed by atoms with van der Waals surface area (Å²) in [6.07, 6.45) is -0.385. The number of hydrogen-bond acceptors (Lipinski definition) is 6. The summed E-state index contributed by atoms with van der Waals surface area (Å²) in [6, 6.07) is 1.39. The number of nitrogen functional groups attached to an aromatic ring is 1. The van der Waals surface area contributed by atoms with Crippen LogP contribution in [0.15, 0.2) is 17.1 Å². The summed E-state index contributed by atoms with van der Waals surface area (Å²) in [7, 11) is -4.31. The lowest BCUT2D eigenvalue weighted by Gasteiger charge is -2.16. The summed E-state index contributed by atoms with van der Waals surface area (Å²) in [5, 5.41) is 8.99. The number of aliphatic hydroxyl groups excluding tert-OH is 1. The van der Waals surface area contributed by atoms with Crippen LogP contribution in [-0.2, 0) is 15.8 Å². The Hall–Kier alpha value is -1.37. The maximum atomic E-state index is 11.4. The molecule has 0 aliphatic heterocycles. The zero-order valence-corrected chi connectivity index (χ0v) is 11.7. The van der Waals surface area contributed by atoms with Crippen LogP contribution < -0.4 is 11.4 Å². The van der Waals surface area contributed by atoms with Gasteiger partial charge in [0.2, 0.25) is 0 Å². The lowest BCUT2D eigenvalue weighted by atomic mass is 10.3. The molecule has 1 atom stereocenters. The third-order valence-electron chi connectivity index (χ3n) is 1.98. The molecular formula is C8H20N3O9P. The Morgan fingerprint density at radius 3 is 2.38 bits per heavy atom. The zero-order valence-electron chi connectivity index (χ0n) is 10.8. The van der Waals surface area contributed by atoms with E-state index in [1.165, 1.54) is 12.3 Å². The van der Waals surface area contributed by atoms with Gasteiger partial charge in [0.15, 0.2) is 0 Å². The van der Waals surface area contributed by atoms with Crippen molar-refractivity contribution in [3.05, 3.63) is 22.7 Å². The minimum atomic E-state index is -4.31. The lowest BCUT2D eigenvalue weighted by Crippen LogP contribution is -2.32. The number of aromatic nitrogens is 2. The quantitative estimate of drug-likeness (QED) is 0.371. The van der Waals surface area contributed by atoms with Crippen LogP contribution in [0.3, 0.4) is 0 Å². The molecule has 13 heteroatoms. The average molecular weight is 333 g/mol. The first-order chi connectivity index (χ1) is 8.31. The number of nitrogens with two attached hydrogens (primary N) is 1. The first-order valence-corrected chi connectivity index (χ1v) is 6.71. The van der Waals surface area contributed by atoms with E-state index in [0.717, 1.165) is 4.57 Å². The van der Waals surface area contributed by atoms with Crippen LogP contribution in [0, 0.1) is 0 Å². The molecule has 0 bridgehead atoms. The number of aliphatic hydroxyl groups is 1. The molecular weight excluding hydrogens is 313 g/mol. The van der Waals surface area contributed by atoms with E-state index in [4.69, 9.17) is 25.4 Å². The predicted molar refractivity (Wildman–Crippen MR) is 72.6 cm³/mol. The van der Waals surface area contributed by atoms with E-state index in [1.54, 1.807) is 0 Å². The predicted octanol–water partition coefficient (Wildman–Crippen LogP) is -4.14. The summed E-state index contributed by atoms with van der Waals surface area (Å²) in [6.45, 7) is -0.570. The molecule has 1 aromatic rings. The highest BCUT2D eigenvalue weighted by Gasteiger charge is 2.18. The van der Waals surface area contributed by atoms with Crippen molar-refractivity contribution < 1.29 is 40.6 Å². The highest BCUT2D eigenvalue weighted by Crippen LogP contribution is 2.34. The summed E-state index contributed by atoms with van der Waals surface area (Å²) in [5.74, 6) is 0.0629. The Morgan fingerprint density at radius 2 is 1.95 bits per heavy atom. The molecule has 0 fully saturated rings. The summed E-state index contributed by atoms with van der Waals surface area (Å²) in [5.41, 5.74) is 4.67. The first kappa shape index (κ1) is 24.6. The van der Waals surface area contributed by atoms with Gasteiger partial charge in [0.1, 0.15) is 12.2 Å². The maximum absolute atomic E-state index is 11.4. The molecule has 1 rings (SSSR count). The fourth-order valence-corrected chi connectivity index (χ4v) is 1.57. The second-order valence-electron chi connectivity index (χ2n) is 3.55. The molecule has 0 saturated heterocycles. The Kier molecular flexibility index (Phi) is 12.2. The Bertz CT molecular complexity index is 502. The largest absolute Gasteiger partial charge is 0.412 e. The second-order valence-corrected chi connectivity index (χ2v) is 5.14. The number of nitrogens with zero attached hydrogens (tertiary/aromatic N) is 2. The van der Waals surface area contributed by atoms with Crippen molar-refractivity contribution >= 4 is 13.4 Å². The molecule has 12 nitrogen and oxygen atoms in total. The SMILES string of the molecule is Nc1ccn(C[C@@H](CO)OCP(=O)(O)O)c(=O)n1.O.O.O. The smallest absolute Gasteiger partial charge is 0.350 e. The molecule has 126 valence electrons. The minimum Gasteiger partial charge on any atom is -0.412 e. The third-order valence-corrected chi connectivity index (χ3v) is 2.46. The monoisotopic (exact) mass is 333 g/mol. The van der Waals surface area contributed by atoms with Crippen molar-refractivity contribution in [2.45, 2.75) is 12.6 Å². The molecule has 0 aliphatic rings. The number of ether oxygens (including phenoxy) is 1. The normalized spacial score (nSPS) is 11.6. The van der Waals surface area contributed by atoms with Gasteiger partial charge in [-0.25, -0.2) is 4.79 Å². The van der Waals surface area contributed by atoms with Gasteiger partial charge in [-0.05, 0) is 6.07 Å². The zero-order chi connectivity index (χ0) is 13.8. The van der Waals surface area contributed by atoms with E-state index in [0.29, 0.717) is 0 Å². The fraction of sp³-hybridized carbons (Fsp3) is 0.500. The lowest BCUT2D eigenvalue weighted by molar-refractivity contribution is 0.0188. The standard InChI is InChI=1S/C8H14N3O6P.3H2O/c9-7-1-2-11(8(13)10-7)3-6(4-12)17-5-18(14,15)16;;;/h1-2,6,12H,3-5H2,(H2,9,10,13)(H2,14,15,16);3*1H2/t6-;;;/m0.../s1. The fourth-order valence-electron chi connectivity index (χ4n) is 1.17. The van der Waals surface area contributed by atoms with Gasteiger partial charge in [0.05, 0.1) is 19.3 Å². The molecule has 0 unspecified atom stereocenters. The highest BCUT2D eigenvalue weighted by molar-refractivity contribution is 7.51. The van der Waals surface area contributed by atoms with Crippen molar-refractivity contribution in [1.29, 1.82) is 0 Å². The Balaban J connectivity index is -0.00000108. The Morgan fingerprint density at radius 1 is 1.38 bits per heavy atom. The number of rotatable bonds is 6. The Labute approximate surface area is 118 Å². The first-order valence-electron chi connectivity index (χ1n) is 4.92. The van der Waals surface area contributed by atoms with Gasteiger partial charge in [-0.3, -0.25) is 9.13 Å². The van der Waals surface area contributed by atoms with Crippen LogP contribution in [-0.4, -0.2) is 59.9 Å². The molecule has 0 aliphatic carbocycles. The highest BCUT2D eigenvalue weighted by atomic mass is 31.2. The summed E-state index contributed by atoms with van der Waals surface area (Å²) in [4.78, 5) is 32.1. The van der Waals surface area contributed by atoms with E-state index >= 15 is 0 Å². The van der Waals surface area contributed by atoms with Gasteiger partial charge in [-0.15, -0.1) is 0 Å². The van der Waals surface area contributed by atoms with Gasteiger partial charge in [-0.2, -0.15) is 4.98 Å². The van der Waals surface area contributed by atoms with Crippen LogP contribution in [0.5, 0.6) is 0 Å². The number of anilines is 1. The van der Waals surface area contributed by atoms with Crippen molar-refractivity contribution in [3.63, 3.8) is 0 Å². The van der Waals surface area contributed by atoms with E-state index in [1.807, 2.05) is 0 Å². The summed E-state index contributed by atoms with van der Waals surface area (Å²) >= 11 is 0. The van der Waals surface area contributed by atoms with E-state index in [-0.39, 0.29) is 28.8 Å². The maximum Gasteiger partial charge on any atom is 0.350 e. The topological polar surface area (TPSA) is 242 Å².